The van der Waals surface area contributed by atoms with E-state index in [2.05, 4.69) is 10.6 Å². The van der Waals surface area contributed by atoms with E-state index >= 15 is 0 Å². The lowest BCUT2D eigenvalue weighted by Gasteiger charge is -2.25. The van der Waals surface area contributed by atoms with Gasteiger partial charge in [-0.15, -0.1) is 0 Å². The number of carbonyl (C=O) groups excluding carboxylic acids is 2. The van der Waals surface area contributed by atoms with Gasteiger partial charge in [-0.25, -0.2) is 0 Å². The number of hydrogen-bond acceptors (Lipinski definition) is 4. The lowest BCUT2D eigenvalue weighted by Crippen LogP contribution is -2.49. The lowest BCUT2D eigenvalue weighted by molar-refractivity contribution is -0.125. The Bertz CT molecular complexity index is 232. The van der Waals surface area contributed by atoms with E-state index in [-0.39, 0.29) is 17.7 Å². The van der Waals surface area contributed by atoms with Crippen LogP contribution in [0.5, 0.6) is 0 Å². The zero-order chi connectivity index (χ0) is 11.8. The van der Waals surface area contributed by atoms with Crippen LogP contribution in [0.3, 0.4) is 0 Å². The number of hydrogen-bond donors (Lipinski definition) is 3. The Morgan fingerprint density at radius 1 is 1.44 bits per heavy atom. The van der Waals surface area contributed by atoms with Gasteiger partial charge in [0.25, 0.3) is 0 Å². The van der Waals surface area contributed by atoms with Gasteiger partial charge in [0.15, 0.2) is 0 Å². The quantitative estimate of drug-likeness (QED) is 0.477. The highest BCUT2D eigenvalue weighted by molar-refractivity contribution is 7.93. The van der Waals surface area contributed by atoms with E-state index in [0.717, 1.165) is 25.7 Å². The van der Waals surface area contributed by atoms with Gasteiger partial charge >= 0.3 is 0 Å². The summed E-state index contributed by atoms with van der Waals surface area (Å²) in [5.74, 6) is -0.0300. The molecule has 1 rings (SSSR count). The van der Waals surface area contributed by atoms with Crippen LogP contribution in [-0.4, -0.2) is 34.7 Å². The molecule has 5 nitrogen and oxygen atoms in total. The average Bonchev–Trinajstić information content (AvgIpc) is 2.30. The van der Waals surface area contributed by atoms with Crippen molar-refractivity contribution in [1.82, 2.24) is 10.6 Å². The Balaban J connectivity index is 2.37. The molecule has 0 aromatic heterocycles. The third-order valence-electron chi connectivity index (χ3n) is 2.78. The van der Waals surface area contributed by atoms with Gasteiger partial charge < -0.3 is 15.2 Å². The van der Waals surface area contributed by atoms with Crippen molar-refractivity contribution in [2.75, 3.05) is 5.75 Å². The van der Waals surface area contributed by atoms with Crippen LogP contribution in [-0.2, 0) is 9.59 Å². The molecule has 1 aliphatic carbocycles. The van der Waals surface area contributed by atoms with Gasteiger partial charge in [-0.3, -0.25) is 9.59 Å². The Labute approximate surface area is 99.6 Å². The number of nitrogens with one attached hydrogen (secondary N) is 2. The lowest BCUT2D eigenvalue weighted by atomic mass is 9.95. The molecule has 0 radical (unpaired) electrons. The molecule has 0 aromatic rings. The maximum absolute atomic E-state index is 11.7. The Morgan fingerprint density at radius 3 is 2.69 bits per heavy atom. The van der Waals surface area contributed by atoms with Crippen molar-refractivity contribution in [2.24, 2.45) is 0 Å². The number of carbonyl (C=O) groups is 2. The molecule has 1 atom stereocenters. The molecule has 92 valence electrons. The molecule has 0 saturated heterocycles. The van der Waals surface area contributed by atoms with Crippen LogP contribution in [0, 0.1) is 0 Å². The van der Waals surface area contributed by atoms with Crippen LogP contribution in [0.2, 0.25) is 0 Å². The molecule has 2 amide bonds. The zero-order valence-corrected chi connectivity index (χ0v) is 9.96. The van der Waals surface area contributed by atoms with Crippen LogP contribution < -0.4 is 10.6 Å². The first-order chi connectivity index (χ1) is 7.77. The van der Waals surface area contributed by atoms with E-state index in [0.29, 0.717) is 18.5 Å². The summed E-state index contributed by atoms with van der Waals surface area (Å²) >= 11 is 0.558. The molecule has 1 aliphatic rings. The second-order valence-electron chi connectivity index (χ2n) is 3.98. The van der Waals surface area contributed by atoms with Gasteiger partial charge in [-0.2, -0.15) is 0 Å². The average molecular weight is 246 g/mol. The van der Waals surface area contributed by atoms with E-state index in [9.17, 15) is 9.59 Å². The van der Waals surface area contributed by atoms with Gasteiger partial charge in [0.05, 0.1) is 0 Å². The molecule has 3 N–H and O–H groups in total. The summed E-state index contributed by atoms with van der Waals surface area (Å²) in [4.78, 5) is 22.0. The van der Waals surface area contributed by atoms with Gasteiger partial charge in [0.1, 0.15) is 6.04 Å². The highest BCUT2D eigenvalue weighted by Gasteiger charge is 2.21. The normalized spacial score (nSPS) is 18.8. The van der Waals surface area contributed by atoms with E-state index in [1.807, 2.05) is 0 Å². The molecule has 16 heavy (non-hydrogen) atoms. The van der Waals surface area contributed by atoms with Crippen molar-refractivity contribution in [3.05, 3.63) is 0 Å². The van der Waals surface area contributed by atoms with Crippen LogP contribution in [0.4, 0.5) is 0 Å². The number of rotatable bonds is 6. The second-order valence-corrected chi connectivity index (χ2v) is 4.57. The summed E-state index contributed by atoms with van der Waals surface area (Å²) in [7, 11) is 0. The zero-order valence-electron chi connectivity index (χ0n) is 9.15. The van der Waals surface area contributed by atoms with Crippen molar-refractivity contribution in [3.8, 4) is 0 Å². The van der Waals surface area contributed by atoms with Crippen LogP contribution >= 0.6 is 12.0 Å². The maximum atomic E-state index is 11.7. The van der Waals surface area contributed by atoms with Gasteiger partial charge in [0, 0.05) is 11.8 Å². The van der Waals surface area contributed by atoms with E-state index < -0.39 is 6.04 Å². The Morgan fingerprint density at radius 2 is 2.12 bits per heavy atom. The van der Waals surface area contributed by atoms with Crippen LogP contribution in [0.25, 0.3) is 0 Å². The third-order valence-corrected chi connectivity index (χ3v) is 3.26. The molecule has 0 aliphatic heterocycles. The van der Waals surface area contributed by atoms with Crippen molar-refractivity contribution in [1.29, 1.82) is 0 Å². The largest absolute Gasteiger partial charge is 0.352 e. The summed E-state index contributed by atoms with van der Waals surface area (Å²) in [6.07, 6.45) is 6.02. The van der Waals surface area contributed by atoms with E-state index in [4.69, 9.17) is 4.55 Å². The van der Waals surface area contributed by atoms with Crippen molar-refractivity contribution < 1.29 is 14.1 Å². The fourth-order valence-electron chi connectivity index (χ4n) is 1.90. The standard InChI is InChI=1S/C10H18N2O3S/c13-7-11-9(6-16-15)10(14)12-8-4-2-1-3-5-8/h7-9,15H,1-6H2,(H,11,13)(H,12,14)/t9-/m0/s1. The topological polar surface area (TPSA) is 78.4 Å². The van der Waals surface area contributed by atoms with Crippen LogP contribution in [0.15, 0.2) is 0 Å². The summed E-state index contributed by atoms with van der Waals surface area (Å²) in [5.41, 5.74) is 0. The number of amides is 2. The molecule has 0 unspecified atom stereocenters. The first kappa shape index (κ1) is 13.3. The molecule has 1 saturated carbocycles. The predicted molar refractivity (Wildman–Crippen MR) is 63.1 cm³/mol. The monoisotopic (exact) mass is 246 g/mol. The van der Waals surface area contributed by atoms with Crippen molar-refractivity contribution in [2.45, 2.75) is 44.2 Å². The van der Waals surface area contributed by atoms with Gasteiger partial charge in [-0.1, -0.05) is 19.3 Å². The molecular formula is C10H18N2O3S. The molecule has 0 spiro atoms. The fourth-order valence-corrected chi connectivity index (χ4v) is 2.30. The highest BCUT2D eigenvalue weighted by Crippen LogP contribution is 2.17. The smallest absolute Gasteiger partial charge is 0.243 e. The SMILES string of the molecule is O=CN[C@@H](CSO)C(=O)NC1CCCCC1. The summed E-state index contributed by atoms with van der Waals surface area (Å²) in [5, 5.41) is 5.30. The van der Waals surface area contributed by atoms with E-state index in [1.165, 1.54) is 6.42 Å². The molecular weight excluding hydrogens is 228 g/mol. The van der Waals surface area contributed by atoms with E-state index in [1.54, 1.807) is 0 Å². The van der Waals surface area contributed by atoms with Crippen molar-refractivity contribution in [3.63, 3.8) is 0 Å². The third kappa shape index (κ3) is 4.40. The summed E-state index contributed by atoms with van der Waals surface area (Å²) in [6, 6.07) is -0.421. The molecule has 1 fully saturated rings. The molecule has 0 aromatic carbocycles. The van der Waals surface area contributed by atoms with Crippen LogP contribution in [0.1, 0.15) is 32.1 Å². The summed E-state index contributed by atoms with van der Waals surface area (Å²) in [6.45, 7) is 0. The van der Waals surface area contributed by atoms with Gasteiger partial charge in [0.2, 0.25) is 12.3 Å². The minimum Gasteiger partial charge on any atom is -0.352 e. The minimum absolute atomic E-state index is 0.178. The first-order valence-corrected chi connectivity index (χ1v) is 6.48. The molecule has 6 heteroatoms. The fraction of sp³-hybridized carbons (Fsp3) is 0.800. The molecule has 0 bridgehead atoms. The van der Waals surface area contributed by atoms with Crippen molar-refractivity contribution >= 4 is 24.4 Å². The second kappa shape index (κ2) is 7.51. The van der Waals surface area contributed by atoms with Gasteiger partial charge in [-0.05, 0) is 24.9 Å². The Hall–Kier alpha value is -0.750. The predicted octanol–water partition coefficient (Wildman–Crippen LogP) is 0.756. The Kier molecular flexibility index (Phi) is 6.25. The first-order valence-electron chi connectivity index (χ1n) is 5.54. The maximum Gasteiger partial charge on any atom is 0.243 e. The molecule has 0 heterocycles. The summed E-state index contributed by atoms with van der Waals surface area (Å²) < 4.78 is 8.70. The highest BCUT2D eigenvalue weighted by atomic mass is 32.2. The minimum atomic E-state index is -0.644.